The molecule has 146 valence electrons. The Hall–Kier alpha value is -2.21. The quantitative estimate of drug-likeness (QED) is 0.711. The van der Waals surface area contributed by atoms with Gasteiger partial charge in [0.2, 0.25) is 0 Å². The maximum Gasteiger partial charge on any atom is 0.266 e. The number of carbonyl (C=O) groups excluding carboxylic acids is 1. The topological polar surface area (TPSA) is 63.5 Å². The van der Waals surface area contributed by atoms with E-state index in [0.717, 1.165) is 48.7 Å². The molecule has 0 aromatic carbocycles. The number of aryl methyl sites for hydroxylation is 2. The fraction of sp³-hybridized carbons (Fsp3) is 0.500. The fourth-order valence-electron chi connectivity index (χ4n) is 4.80. The van der Waals surface area contributed by atoms with Crippen molar-refractivity contribution in [2.45, 2.75) is 64.3 Å². The largest absolute Gasteiger partial charge is 0.349 e. The molecule has 5 rings (SSSR count). The lowest BCUT2D eigenvalue weighted by molar-refractivity contribution is 0.0911. The van der Waals surface area contributed by atoms with Crippen LogP contribution in [0.1, 0.15) is 66.2 Å². The summed E-state index contributed by atoms with van der Waals surface area (Å²) in [6, 6.07) is 3.76. The number of aromatic nitrogens is 2. The average molecular weight is 396 g/mol. The molecule has 1 fully saturated rings. The lowest BCUT2D eigenvalue weighted by Crippen LogP contribution is -2.41. The second-order valence-electron chi connectivity index (χ2n) is 8.27. The van der Waals surface area contributed by atoms with Gasteiger partial charge in [0.15, 0.2) is 5.65 Å². The van der Waals surface area contributed by atoms with E-state index in [4.69, 9.17) is 4.98 Å². The summed E-state index contributed by atoms with van der Waals surface area (Å²) in [6.45, 7) is 2.20. The Labute approximate surface area is 167 Å². The van der Waals surface area contributed by atoms with Gasteiger partial charge in [-0.15, -0.1) is 11.3 Å². The minimum atomic E-state index is -0.121. The van der Waals surface area contributed by atoms with Crippen LogP contribution in [0.15, 0.2) is 23.1 Å². The molecule has 1 saturated carbocycles. The van der Waals surface area contributed by atoms with Gasteiger partial charge >= 0.3 is 0 Å². The van der Waals surface area contributed by atoms with Gasteiger partial charge in [0.05, 0.1) is 10.9 Å². The first kappa shape index (κ1) is 17.9. The standard InChI is InChI=1S/C22H25N3O2S/c1-13-7-2-4-10-16(13)23-20(26)15-9-6-12-25-19(15)24-21-18(22(25)27)14-8-3-5-11-17(14)28-21/h6,9,12-13,16H,2-5,7-8,10-11H2,1H3,(H,23,26)/t13-,16-/m1/s1. The van der Waals surface area contributed by atoms with Crippen molar-refractivity contribution in [2.75, 3.05) is 0 Å². The molecule has 0 radical (unpaired) electrons. The van der Waals surface area contributed by atoms with E-state index in [0.29, 0.717) is 17.1 Å². The first-order valence-corrected chi connectivity index (χ1v) is 11.2. The summed E-state index contributed by atoms with van der Waals surface area (Å²) in [4.78, 5) is 33.2. The van der Waals surface area contributed by atoms with Gasteiger partial charge in [0, 0.05) is 17.1 Å². The number of nitrogens with zero attached hydrogens (tertiary/aromatic N) is 2. The second kappa shape index (κ2) is 6.99. The Morgan fingerprint density at radius 1 is 1.21 bits per heavy atom. The lowest BCUT2D eigenvalue weighted by atomic mass is 9.86. The van der Waals surface area contributed by atoms with Crippen LogP contribution in [0.5, 0.6) is 0 Å². The number of thiophene rings is 1. The highest BCUT2D eigenvalue weighted by molar-refractivity contribution is 7.18. The summed E-state index contributed by atoms with van der Waals surface area (Å²) >= 11 is 1.63. The van der Waals surface area contributed by atoms with Gasteiger partial charge in [-0.3, -0.25) is 14.0 Å². The number of amides is 1. The number of nitrogens with one attached hydrogen (secondary N) is 1. The highest BCUT2D eigenvalue weighted by atomic mass is 32.1. The average Bonchev–Trinajstić information content (AvgIpc) is 3.08. The van der Waals surface area contributed by atoms with Gasteiger partial charge in [-0.1, -0.05) is 19.8 Å². The lowest BCUT2D eigenvalue weighted by Gasteiger charge is -2.29. The molecule has 3 aromatic heterocycles. The molecule has 3 aromatic rings. The van der Waals surface area contributed by atoms with Crippen molar-refractivity contribution in [3.05, 3.63) is 44.7 Å². The summed E-state index contributed by atoms with van der Waals surface area (Å²) in [7, 11) is 0. The minimum absolute atomic E-state index is 0.0416. The fourth-order valence-corrected chi connectivity index (χ4v) is 6.05. The third-order valence-corrected chi connectivity index (χ3v) is 7.62. The third-order valence-electron chi connectivity index (χ3n) is 6.43. The highest BCUT2D eigenvalue weighted by Crippen LogP contribution is 2.34. The van der Waals surface area contributed by atoms with Gasteiger partial charge in [-0.2, -0.15) is 0 Å². The molecule has 0 bridgehead atoms. The zero-order valence-corrected chi connectivity index (χ0v) is 17.0. The summed E-state index contributed by atoms with van der Waals surface area (Å²) in [6.07, 6.45) is 10.6. The normalized spacial score (nSPS) is 22.3. The monoisotopic (exact) mass is 395 g/mol. The number of rotatable bonds is 2. The molecule has 3 heterocycles. The zero-order chi connectivity index (χ0) is 19.3. The van der Waals surface area contributed by atoms with E-state index in [9.17, 15) is 9.59 Å². The van der Waals surface area contributed by atoms with Gasteiger partial charge < -0.3 is 5.32 Å². The smallest absolute Gasteiger partial charge is 0.266 e. The highest BCUT2D eigenvalue weighted by Gasteiger charge is 2.25. The molecule has 5 nitrogen and oxygen atoms in total. The van der Waals surface area contributed by atoms with Crippen LogP contribution in [0.2, 0.25) is 0 Å². The molecule has 0 aliphatic heterocycles. The molecular formula is C22H25N3O2S. The molecule has 2 aliphatic carbocycles. The van der Waals surface area contributed by atoms with E-state index in [1.807, 2.05) is 0 Å². The van der Waals surface area contributed by atoms with Crippen LogP contribution in [0.4, 0.5) is 0 Å². The van der Waals surface area contributed by atoms with Crippen molar-refractivity contribution < 1.29 is 4.79 Å². The molecule has 2 aliphatic rings. The van der Waals surface area contributed by atoms with Crippen LogP contribution in [0.25, 0.3) is 15.9 Å². The summed E-state index contributed by atoms with van der Waals surface area (Å²) in [5.41, 5.74) is 2.11. The van der Waals surface area contributed by atoms with Crippen LogP contribution in [0, 0.1) is 5.92 Å². The third kappa shape index (κ3) is 2.85. The van der Waals surface area contributed by atoms with Crippen molar-refractivity contribution in [2.24, 2.45) is 5.92 Å². The molecule has 6 heteroatoms. The second-order valence-corrected chi connectivity index (χ2v) is 9.35. The van der Waals surface area contributed by atoms with Crippen LogP contribution < -0.4 is 10.9 Å². The Bertz CT molecular complexity index is 1130. The summed E-state index contributed by atoms with van der Waals surface area (Å²) in [5.74, 6) is 0.364. The Kier molecular flexibility index (Phi) is 4.46. The van der Waals surface area contributed by atoms with Crippen molar-refractivity contribution in [1.29, 1.82) is 0 Å². The summed E-state index contributed by atoms with van der Waals surface area (Å²) in [5, 5.41) is 3.96. The number of hydrogen-bond acceptors (Lipinski definition) is 4. The van der Waals surface area contributed by atoms with Gasteiger partial charge in [0.25, 0.3) is 11.5 Å². The first-order chi connectivity index (χ1) is 13.6. The molecule has 2 atom stereocenters. The van der Waals surface area contributed by atoms with E-state index in [-0.39, 0.29) is 17.5 Å². The molecule has 1 N–H and O–H groups in total. The van der Waals surface area contributed by atoms with Crippen molar-refractivity contribution in [3.63, 3.8) is 0 Å². The van der Waals surface area contributed by atoms with Crippen LogP contribution >= 0.6 is 11.3 Å². The predicted molar refractivity (Wildman–Crippen MR) is 112 cm³/mol. The summed E-state index contributed by atoms with van der Waals surface area (Å²) < 4.78 is 1.56. The first-order valence-electron chi connectivity index (χ1n) is 10.4. The van der Waals surface area contributed by atoms with Gasteiger partial charge in [-0.25, -0.2) is 4.98 Å². The molecule has 1 amide bonds. The Morgan fingerprint density at radius 2 is 2.04 bits per heavy atom. The Morgan fingerprint density at radius 3 is 2.89 bits per heavy atom. The molecule has 0 spiro atoms. The Balaban J connectivity index is 1.61. The van der Waals surface area contributed by atoms with Crippen molar-refractivity contribution in [1.82, 2.24) is 14.7 Å². The number of fused-ring (bicyclic) bond motifs is 4. The number of pyridine rings is 1. The molecule has 28 heavy (non-hydrogen) atoms. The van der Waals surface area contributed by atoms with Crippen molar-refractivity contribution >= 4 is 33.1 Å². The van der Waals surface area contributed by atoms with E-state index < -0.39 is 0 Å². The van der Waals surface area contributed by atoms with Crippen LogP contribution in [0.3, 0.4) is 0 Å². The number of carbonyl (C=O) groups is 1. The zero-order valence-electron chi connectivity index (χ0n) is 16.2. The molecule has 0 saturated heterocycles. The predicted octanol–water partition coefficient (Wildman–Crippen LogP) is 4.10. The maximum atomic E-state index is 13.2. The van der Waals surface area contributed by atoms with E-state index in [1.54, 1.807) is 34.1 Å². The van der Waals surface area contributed by atoms with E-state index >= 15 is 0 Å². The van der Waals surface area contributed by atoms with Crippen LogP contribution in [-0.4, -0.2) is 21.3 Å². The molecular weight excluding hydrogens is 370 g/mol. The SMILES string of the molecule is C[C@@H]1CCCC[C@H]1NC(=O)c1cccn2c(=O)c3c4c(sc3nc12)CCCC4. The van der Waals surface area contributed by atoms with Crippen LogP contribution in [-0.2, 0) is 12.8 Å². The number of hydrogen-bond donors (Lipinski definition) is 1. The van der Waals surface area contributed by atoms with Gasteiger partial charge in [0.1, 0.15) is 4.83 Å². The van der Waals surface area contributed by atoms with Gasteiger partial charge in [-0.05, 0) is 62.1 Å². The molecule has 0 unspecified atom stereocenters. The maximum absolute atomic E-state index is 13.2. The van der Waals surface area contributed by atoms with E-state index in [2.05, 4.69) is 12.2 Å². The van der Waals surface area contributed by atoms with E-state index in [1.165, 1.54) is 23.3 Å². The minimum Gasteiger partial charge on any atom is -0.349 e. The van der Waals surface area contributed by atoms with Crippen molar-refractivity contribution in [3.8, 4) is 0 Å².